The molecule has 0 aromatic heterocycles. The van der Waals surface area contributed by atoms with Crippen LogP contribution < -0.4 is 0 Å². The van der Waals surface area contributed by atoms with Crippen molar-refractivity contribution >= 4 is 51.9 Å². The fraction of sp³-hybridized carbons (Fsp3) is 0.286. The van der Waals surface area contributed by atoms with Gasteiger partial charge < -0.3 is 4.90 Å². The molecule has 3 aromatic carbocycles. The van der Waals surface area contributed by atoms with E-state index in [-0.39, 0.29) is 34.4 Å². The van der Waals surface area contributed by atoms with Crippen LogP contribution >= 0.6 is 40.3 Å². The zero-order valence-corrected chi connectivity index (χ0v) is 22.4. The van der Waals surface area contributed by atoms with Crippen LogP contribution in [0.25, 0.3) is 0 Å². The number of benzene rings is 3. The van der Waals surface area contributed by atoms with E-state index < -0.39 is 5.41 Å². The summed E-state index contributed by atoms with van der Waals surface area (Å²) in [6.45, 7) is 2.40. The summed E-state index contributed by atoms with van der Waals surface area (Å²) in [6, 6.07) is 19.6. The molecular weight excluding hydrogens is 549 g/mol. The second-order valence-corrected chi connectivity index (χ2v) is 10.5. The van der Waals surface area contributed by atoms with Crippen LogP contribution in [-0.4, -0.2) is 36.1 Å². The maximum atomic E-state index is 14.0. The minimum Gasteiger partial charge on any atom is -0.303 e. The van der Waals surface area contributed by atoms with Crippen LogP contribution in [0.15, 0.2) is 76.5 Å². The van der Waals surface area contributed by atoms with Gasteiger partial charge in [-0.2, -0.15) is 0 Å². The molecule has 0 unspecified atom stereocenters. The van der Waals surface area contributed by atoms with Gasteiger partial charge in [-0.3, -0.25) is 9.59 Å². The van der Waals surface area contributed by atoms with Crippen molar-refractivity contribution in [2.45, 2.75) is 40.9 Å². The molecule has 0 saturated carbocycles. The average Bonchev–Trinajstić information content (AvgIpc) is 2.94. The first kappa shape index (κ1) is 26.1. The number of hydrogen-bond donors (Lipinski definition) is 0. The fourth-order valence-corrected chi connectivity index (χ4v) is 6.44. The van der Waals surface area contributed by atoms with Crippen LogP contribution in [0.5, 0.6) is 0 Å². The SMILES string of the molecule is Br.O=C(CCCN1CCC2(CC1)C(=O)c1cc(Cl)ccc1Sc1ccccc12)c1ccc(F)cc1. The van der Waals surface area contributed by atoms with E-state index in [2.05, 4.69) is 17.0 Å². The minimum atomic E-state index is -0.556. The van der Waals surface area contributed by atoms with Crippen molar-refractivity contribution in [2.75, 3.05) is 19.6 Å². The predicted octanol–water partition coefficient (Wildman–Crippen LogP) is 7.40. The highest BCUT2D eigenvalue weighted by Gasteiger charge is 2.46. The van der Waals surface area contributed by atoms with Crippen LogP contribution in [0.3, 0.4) is 0 Å². The Bertz CT molecular complexity index is 1240. The monoisotopic (exact) mass is 573 g/mol. The molecule has 0 atom stereocenters. The molecule has 2 heterocycles. The van der Waals surface area contributed by atoms with E-state index in [1.807, 2.05) is 30.3 Å². The number of rotatable bonds is 5. The van der Waals surface area contributed by atoms with Crippen molar-refractivity contribution < 1.29 is 14.0 Å². The highest BCUT2D eigenvalue weighted by atomic mass is 79.9. The summed E-state index contributed by atoms with van der Waals surface area (Å²) in [5, 5.41) is 0.581. The number of fused-ring (bicyclic) bond motifs is 3. The first-order chi connectivity index (χ1) is 16.5. The topological polar surface area (TPSA) is 37.4 Å². The lowest BCUT2D eigenvalue weighted by molar-refractivity contribution is 0.0762. The highest BCUT2D eigenvalue weighted by molar-refractivity contribution is 8.93. The van der Waals surface area contributed by atoms with E-state index in [9.17, 15) is 14.0 Å². The fourth-order valence-electron chi connectivity index (χ4n) is 5.12. The predicted molar refractivity (Wildman–Crippen MR) is 144 cm³/mol. The van der Waals surface area contributed by atoms with Gasteiger partial charge in [0.1, 0.15) is 5.82 Å². The molecule has 3 nitrogen and oxygen atoms in total. The molecule has 1 spiro atoms. The third kappa shape index (κ3) is 5.26. The first-order valence-electron chi connectivity index (χ1n) is 11.6. The average molecular weight is 575 g/mol. The van der Waals surface area contributed by atoms with Crippen molar-refractivity contribution in [1.29, 1.82) is 0 Å². The van der Waals surface area contributed by atoms with Gasteiger partial charge >= 0.3 is 0 Å². The number of ketones is 2. The summed E-state index contributed by atoms with van der Waals surface area (Å²) < 4.78 is 13.1. The van der Waals surface area contributed by atoms with Crippen LogP contribution in [0.1, 0.15) is 52.0 Å². The first-order valence-corrected chi connectivity index (χ1v) is 12.8. The number of piperidine rings is 1. The summed E-state index contributed by atoms with van der Waals surface area (Å²) in [7, 11) is 0. The molecule has 1 saturated heterocycles. The molecule has 3 aromatic rings. The van der Waals surface area contributed by atoms with E-state index in [1.165, 1.54) is 12.1 Å². The van der Waals surface area contributed by atoms with Gasteiger partial charge in [0.25, 0.3) is 0 Å². The molecule has 0 amide bonds. The molecular formula is C28H26BrClFNO2S. The third-order valence-corrected chi connectivity index (χ3v) is 8.38. The van der Waals surface area contributed by atoms with E-state index in [0.29, 0.717) is 22.6 Å². The standard InChI is InChI=1S/C28H25ClFNO2S.BrH/c29-20-9-12-25-22(18-20)27(33)28(23-4-1-2-6-26(23)34-25)13-16-31(17-14-28)15-3-5-24(32)19-7-10-21(30)11-8-19;/h1-2,4,6-12,18H,3,5,13-17H2;1H. The van der Waals surface area contributed by atoms with E-state index in [1.54, 1.807) is 23.9 Å². The molecule has 7 heteroatoms. The molecule has 0 bridgehead atoms. The lowest BCUT2D eigenvalue weighted by atomic mass is 9.68. The Morgan fingerprint density at radius 2 is 1.71 bits per heavy atom. The van der Waals surface area contributed by atoms with Crippen molar-refractivity contribution in [3.05, 3.63) is 94.3 Å². The second-order valence-electron chi connectivity index (χ2n) is 9.03. The Balaban J connectivity index is 0.00000289. The Kier molecular flexibility index (Phi) is 8.16. The molecule has 5 rings (SSSR count). The van der Waals surface area contributed by atoms with E-state index in [4.69, 9.17) is 11.6 Å². The quantitative estimate of drug-likeness (QED) is 0.298. The van der Waals surface area contributed by atoms with Crippen molar-refractivity contribution in [1.82, 2.24) is 4.90 Å². The number of hydrogen-bond acceptors (Lipinski definition) is 4. The summed E-state index contributed by atoms with van der Waals surface area (Å²) >= 11 is 7.92. The molecule has 182 valence electrons. The smallest absolute Gasteiger partial charge is 0.174 e. The van der Waals surface area contributed by atoms with E-state index >= 15 is 0 Å². The lowest BCUT2D eigenvalue weighted by Crippen LogP contribution is -2.47. The zero-order chi connectivity index (χ0) is 23.7. The molecule has 0 radical (unpaired) electrons. The second kappa shape index (κ2) is 11.0. The molecule has 0 aliphatic carbocycles. The van der Waals surface area contributed by atoms with Crippen molar-refractivity contribution in [2.24, 2.45) is 0 Å². The number of likely N-dealkylation sites (tertiary alicyclic amines) is 1. The van der Waals surface area contributed by atoms with Gasteiger partial charge in [-0.25, -0.2) is 4.39 Å². The van der Waals surface area contributed by atoms with E-state index in [0.717, 1.165) is 54.3 Å². The Labute approximate surface area is 224 Å². The Morgan fingerprint density at radius 3 is 2.46 bits per heavy atom. The van der Waals surface area contributed by atoms with Gasteiger partial charge in [-0.15, -0.1) is 17.0 Å². The normalized spacial score (nSPS) is 16.7. The Morgan fingerprint density at radius 1 is 1.00 bits per heavy atom. The zero-order valence-electron chi connectivity index (χ0n) is 19.1. The summed E-state index contributed by atoms with van der Waals surface area (Å²) in [4.78, 5) is 30.8. The third-order valence-electron chi connectivity index (χ3n) is 7.00. The molecule has 1 fully saturated rings. The number of nitrogens with zero attached hydrogens (tertiary/aromatic N) is 1. The number of halogens is 3. The molecule has 35 heavy (non-hydrogen) atoms. The summed E-state index contributed by atoms with van der Waals surface area (Å²) in [5.74, 6) is -0.142. The van der Waals surface area contributed by atoms with Gasteiger partial charge in [-0.05, 0) is 93.0 Å². The minimum absolute atomic E-state index is 0. The lowest BCUT2D eigenvalue weighted by Gasteiger charge is -2.41. The summed E-state index contributed by atoms with van der Waals surface area (Å²) in [5.41, 5.74) is 1.82. The molecule has 2 aliphatic heterocycles. The number of carbonyl (C=O) groups is 2. The van der Waals surface area contributed by atoms with Crippen LogP contribution in [-0.2, 0) is 5.41 Å². The maximum Gasteiger partial charge on any atom is 0.174 e. The summed E-state index contributed by atoms with van der Waals surface area (Å²) in [6.07, 6.45) is 2.64. The number of carbonyl (C=O) groups excluding carboxylic acids is 2. The van der Waals surface area contributed by atoms with Crippen LogP contribution in [0.2, 0.25) is 5.02 Å². The molecule has 0 N–H and O–H groups in total. The van der Waals surface area contributed by atoms with Gasteiger partial charge in [-0.1, -0.05) is 41.6 Å². The van der Waals surface area contributed by atoms with Gasteiger partial charge in [0.15, 0.2) is 11.6 Å². The largest absolute Gasteiger partial charge is 0.303 e. The number of Topliss-reactive ketones (excluding diaryl/α,β-unsaturated/α-hetero) is 2. The Hall–Kier alpha value is -1.99. The maximum absolute atomic E-state index is 14.0. The van der Waals surface area contributed by atoms with Crippen molar-refractivity contribution in [3.8, 4) is 0 Å². The molecule has 2 aliphatic rings. The van der Waals surface area contributed by atoms with Gasteiger partial charge in [0.05, 0.1) is 5.41 Å². The van der Waals surface area contributed by atoms with Crippen molar-refractivity contribution in [3.63, 3.8) is 0 Å². The van der Waals surface area contributed by atoms with Crippen LogP contribution in [0.4, 0.5) is 4.39 Å². The van der Waals surface area contributed by atoms with Gasteiger partial charge in [0, 0.05) is 32.4 Å². The van der Waals surface area contributed by atoms with Crippen LogP contribution in [0, 0.1) is 5.82 Å². The van der Waals surface area contributed by atoms with Gasteiger partial charge in [0.2, 0.25) is 0 Å². The highest BCUT2D eigenvalue weighted by Crippen LogP contribution is 2.49.